The highest BCUT2D eigenvalue weighted by atomic mass is 15.2. The maximum Gasteiger partial charge on any atom is 0.153 e. The van der Waals surface area contributed by atoms with Gasteiger partial charge >= 0.3 is 0 Å². The maximum absolute atomic E-state index is 6.21. The Morgan fingerprint density at radius 3 is 2.55 bits per heavy atom. The molecule has 0 spiro atoms. The molecular formula is C16H24N6. The summed E-state index contributed by atoms with van der Waals surface area (Å²) in [7, 11) is 0. The van der Waals surface area contributed by atoms with Gasteiger partial charge in [0.05, 0.1) is 0 Å². The van der Waals surface area contributed by atoms with Gasteiger partial charge in [0.15, 0.2) is 5.82 Å². The molecule has 0 unspecified atom stereocenters. The number of piperidine rings is 1. The molecule has 22 heavy (non-hydrogen) atoms. The third-order valence-corrected chi connectivity index (χ3v) is 4.15. The van der Waals surface area contributed by atoms with Crippen molar-refractivity contribution in [2.45, 2.75) is 39.2 Å². The average molecular weight is 300 g/mol. The van der Waals surface area contributed by atoms with Gasteiger partial charge in [-0.25, -0.2) is 4.98 Å². The minimum atomic E-state index is -0.0476. The maximum atomic E-state index is 6.21. The number of hydrogen-bond donors (Lipinski definition) is 3. The molecule has 1 saturated heterocycles. The van der Waals surface area contributed by atoms with E-state index in [0.717, 1.165) is 49.1 Å². The Hall–Kier alpha value is -2.08. The van der Waals surface area contributed by atoms with Crippen molar-refractivity contribution in [3.63, 3.8) is 0 Å². The van der Waals surface area contributed by atoms with Gasteiger partial charge in [0, 0.05) is 30.4 Å². The zero-order valence-electron chi connectivity index (χ0n) is 13.5. The minimum Gasteiger partial charge on any atom is -0.356 e. The summed E-state index contributed by atoms with van der Waals surface area (Å²) in [4.78, 5) is 7.04. The molecule has 2 aromatic heterocycles. The van der Waals surface area contributed by atoms with Gasteiger partial charge in [0.2, 0.25) is 0 Å². The lowest BCUT2D eigenvalue weighted by Crippen LogP contribution is -2.48. The first-order chi connectivity index (χ1) is 10.4. The van der Waals surface area contributed by atoms with Gasteiger partial charge < -0.3 is 16.0 Å². The number of nitrogens with two attached hydrogens (primary N) is 1. The zero-order valence-corrected chi connectivity index (χ0v) is 13.5. The largest absolute Gasteiger partial charge is 0.356 e. The topological polar surface area (TPSA) is 82.9 Å². The van der Waals surface area contributed by atoms with Crippen LogP contribution < -0.4 is 16.0 Å². The van der Waals surface area contributed by atoms with Crippen molar-refractivity contribution in [1.29, 1.82) is 0 Å². The van der Waals surface area contributed by atoms with Crippen molar-refractivity contribution in [1.82, 2.24) is 15.2 Å². The van der Waals surface area contributed by atoms with Crippen molar-refractivity contribution in [3.05, 3.63) is 29.5 Å². The molecule has 0 aliphatic carbocycles. The highest BCUT2D eigenvalue weighted by Crippen LogP contribution is 2.25. The Kier molecular flexibility index (Phi) is 3.78. The van der Waals surface area contributed by atoms with E-state index in [1.165, 1.54) is 5.56 Å². The van der Waals surface area contributed by atoms with E-state index in [-0.39, 0.29) is 5.54 Å². The van der Waals surface area contributed by atoms with Crippen LogP contribution in [0.15, 0.2) is 18.2 Å². The second-order valence-electron chi connectivity index (χ2n) is 6.59. The van der Waals surface area contributed by atoms with E-state index in [1.807, 2.05) is 19.1 Å². The molecule has 4 N–H and O–H groups in total. The number of aromatic nitrogens is 3. The average Bonchev–Trinajstić information content (AvgIpc) is 2.83. The predicted octanol–water partition coefficient (Wildman–Crippen LogP) is 2.48. The van der Waals surface area contributed by atoms with Gasteiger partial charge in [-0.3, -0.25) is 5.10 Å². The summed E-state index contributed by atoms with van der Waals surface area (Å²) in [5, 5.41) is 10.4. The third kappa shape index (κ3) is 3.39. The van der Waals surface area contributed by atoms with Crippen molar-refractivity contribution >= 4 is 17.5 Å². The van der Waals surface area contributed by atoms with Gasteiger partial charge in [-0.15, -0.1) is 0 Å². The van der Waals surface area contributed by atoms with Crippen LogP contribution in [0.3, 0.4) is 0 Å². The molecule has 0 amide bonds. The SMILES string of the molecule is Cc1cc(Nc2cc(C)[nH]n2)nc(N2CCC(C)(N)CC2)c1. The fourth-order valence-corrected chi connectivity index (χ4v) is 2.73. The number of rotatable bonds is 3. The third-order valence-electron chi connectivity index (χ3n) is 4.15. The molecule has 0 bridgehead atoms. The summed E-state index contributed by atoms with van der Waals surface area (Å²) in [5.74, 6) is 2.61. The van der Waals surface area contributed by atoms with Gasteiger partial charge in [-0.2, -0.15) is 5.10 Å². The summed E-state index contributed by atoms with van der Waals surface area (Å²) < 4.78 is 0. The Morgan fingerprint density at radius 1 is 1.18 bits per heavy atom. The van der Waals surface area contributed by atoms with Crippen LogP contribution in [0.4, 0.5) is 17.5 Å². The molecule has 3 heterocycles. The Balaban J connectivity index is 1.78. The van der Waals surface area contributed by atoms with Gasteiger partial charge in [0.25, 0.3) is 0 Å². The number of hydrogen-bond acceptors (Lipinski definition) is 5. The lowest BCUT2D eigenvalue weighted by Gasteiger charge is -2.37. The molecule has 1 aliphatic rings. The van der Waals surface area contributed by atoms with E-state index >= 15 is 0 Å². The lowest BCUT2D eigenvalue weighted by atomic mass is 9.91. The van der Waals surface area contributed by atoms with Crippen LogP contribution in [-0.2, 0) is 0 Å². The van der Waals surface area contributed by atoms with Crippen LogP contribution in [-0.4, -0.2) is 33.8 Å². The molecule has 0 saturated carbocycles. The van der Waals surface area contributed by atoms with Crippen LogP contribution in [0.2, 0.25) is 0 Å². The summed E-state index contributed by atoms with van der Waals surface area (Å²) >= 11 is 0. The molecule has 3 rings (SSSR count). The molecule has 118 valence electrons. The van der Waals surface area contributed by atoms with Gasteiger partial charge in [-0.1, -0.05) is 0 Å². The molecular weight excluding hydrogens is 276 g/mol. The monoisotopic (exact) mass is 300 g/mol. The molecule has 0 radical (unpaired) electrons. The zero-order chi connectivity index (χ0) is 15.7. The van der Waals surface area contributed by atoms with E-state index in [2.05, 4.69) is 40.3 Å². The summed E-state index contributed by atoms with van der Waals surface area (Å²) in [6, 6.07) is 6.12. The lowest BCUT2D eigenvalue weighted by molar-refractivity contribution is 0.363. The standard InChI is InChI=1S/C16H24N6/c1-11-8-13(18-14-10-12(2)20-21-14)19-15(9-11)22-6-4-16(3,17)5-7-22/h8-10H,4-7,17H2,1-3H3,(H2,18,19,20,21). The van der Waals surface area contributed by atoms with Crippen LogP contribution in [0.25, 0.3) is 0 Å². The van der Waals surface area contributed by atoms with Crippen molar-refractivity contribution < 1.29 is 0 Å². The smallest absolute Gasteiger partial charge is 0.153 e. The Labute approximate surface area is 131 Å². The summed E-state index contributed by atoms with van der Waals surface area (Å²) in [5.41, 5.74) is 8.37. The molecule has 1 aliphatic heterocycles. The Bertz CT molecular complexity index is 650. The van der Waals surface area contributed by atoms with E-state index in [0.29, 0.717) is 0 Å². The van der Waals surface area contributed by atoms with Crippen molar-refractivity contribution in [2.75, 3.05) is 23.3 Å². The number of anilines is 3. The van der Waals surface area contributed by atoms with Crippen LogP contribution in [0.5, 0.6) is 0 Å². The second kappa shape index (κ2) is 5.61. The minimum absolute atomic E-state index is 0.0476. The summed E-state index contributed by atoms with van der Waals surface area (Å²) in [6.45, 7) is 8.09. The first-order valence-corrected chi connectivity index (χ1v) is 7.73. The number of aromatic amines is 1. The quantitative estimate of drug-likeness (QED) is 0.811. The van der Waals surface area contributed by atoms with E-state index in [9.17, 15) is 0 Å². The second-order valence-corrected chi connectivity index (χ2v) is 6.59. The molecule has 1 fully saturated rings. The normalized spacial score (nSPS) is 17.5. The summed E-state index contributed by atoms with van der Waals surface area (Å²) in [6.07, 6.45) is 1.98. The van der Waals surface area contributed by atoms with E-state index in [1.54, 1.807) is 0 Å². The predicted molar refractivity (Wildman–Crippen MR) is 89.6 cm³/mol. The fourth-order valence-electron chi connectivity index (χ4n) is 2.73. The first-order valence-electron chi connectivity index (χ1n) is 7.73. The highest BCUT2D eigenvalue weighted by molar-refractivity contribution is 5.57. The number of H-pyrrole nitrogens is 1. The van der Waals surface area contributed by atoms with Gasteiger partial charge in [-0.05, 0) is 51.3 Å². The fraction of sp³-hybridized carbons (Fsp3) is 0.500. The number of nitrogens with one attached hydrogen (secondary N) is 2. The van der Waals surface area contributed by atoms with Crippen molar-refractivity contribution in [2.24, 2.45) is 5.73 Å². The molecule has 2 aromatic rings. The van der Waals surface area contributed by atoms with E-state index in [4.69, 9.17) is 10.7 Å². The van der Waals surface area contributed by atoms with E-state index < -0.39 is 0 Å². The Morgan fingerprint density at radius 2 is 1.91 bits per heavy atom. The number of aryl methyl sites for hydroxylation is 2. The number of nitrogens with zero attached hydrogens (tertiary/aromatic N) is 3. The van der Waals surface area contributed by atoms with Crippen LogP contribution in [0, 0.1) is 13.8 Å². The molecule has 6 nitrogen and oxygen atoms in total. The molecule has 6 heteroatoms. The van der Waals surface area contributed by atoms with Crippen LogP contribution >= 0.6 is 0 Å². The van der Waals surface area contributed by atoms with Crippen LogP contribution in [0.1, 0.15) is 31.0 Å². The van der Waals surface area contributed by atoms with Crippen molar-refractivity contribution in [3.8, 4) is 0 Å². The molecule has 0 atom stereocenters. The molecule has 0 aromatic carbocycles. The number of pyridine rings is 1. The highest BCUT2D eigenvalue weighted by Gasteiger charge is 2.26. The van der Waals surface area contributed by atoms with Gasteiger partial charge in [0.1, 0.15) is 11.6 Å². The first kappa shape index (κ1) is 14.8.